The zero-order chi connectivity index (χ0) is 19.3. The summed E-state index contributed by atoms with van der Waals surface area (Å²) in [6, 6.07) is 7.36. The molecule has 1 unspecified atom stereocenters. The highest BCUT2D eigenvalue weighted by atomic mass is 32.2. The minimum absolute atomic E-state index is 0.0844. The lowest BCUT2D eigenvalue weighted by molar-refractivity contribution is -0.171. The van der Waals surface area contributed by atoms with E-state index in [4.69, 9.17) is 9.47 Å². The molecule has 2 rings (SSSR count). The standard InChI is InChI=1S/C20H24O5S/c1-5-24-18(21)20(19(22)25-6-2)11-15(4)16(12-20)13-26(23)17-9-7-14(3)8-10-17/h7-10,13H,4-6,11-12H2,1-3H3/b16-13+. The van der Waals surface area contributed by atoms with Gasteiger partial charge in [-0.25, -0.2) is 4.21 Å². The number of carbonyl (C=O) groups is 2. The molecule has 0 saturated heterocycles. The molecule has 0 spiro atoms. The summed E-state index contributed by atoms with van der Waals surface area (Å²) in [5.41, 5.74) is 0.871. The van der Waals surface area contributed by atoms with Crippen LogP contribution in [0.4, 0.5) is 0 Å². The van der Waals surface area contributed by atoms with Gasteiger partial charge in [0.2, 0.25) is 0 Å². The van der Waals surface area contributed by atoms with Crippen LogP contribution < -0.4 is 0 Å². The average Bonchev–Trinajstić information content (AvgIpc) is 2.94. The summed E-state index contributed by atoms with van der Waals surface area (Å²) in [7, 11) is -1.40. The van der Waals surface area contributed by atoms with Crippen molar-refractivity contribution >= 4 is 22.7 Å². The Kier molecular flexibility index (Phi) is 6.53. The van der Waals surface area contributed by atoms with Crippen molar-refractivity contribution in [3.63, 3.8) is 0 Å². The van der Waals surface area contributed by atoms with E-state index in [-0.39, 0.29) is 26.1 Å². The predicted octanol–water partition coefficient (Wildman–Crippen LogP) is 3.45. The Hall–Kier alpha value is -2.21. The zero-order valence-electron chi connectivity index (χ0n) is 15.4. The first-order valence-electron chi connectivity index (χ1n) is 8.54. The third-order valence-corrected chi connectivity index (χ3v) is 5.53. The van der Waals surface area contributed by atoms with E-state index in [1.165, 1.54) is 0 Å². The Bertz CT molecular complexity index is 743. The number of benzene rings is 1. The van der Waals surface area contributed by atoms with Crippen LogP contribution in [-0.4, -0.2) is 29.4 Å². The van der Waals surface area contributed by atoms with Crippen LogP contribution in [0.15, 0.2) is 52.3 Å². The van der Waals surface area contributed by atoms with Crippen LogP contribution in [-0.2, 0) is 29.9 Å². The van der Waals surface area contributed by atoms with E-state index in [9.17, 15) is 13.8 Å². The maximum Gasteiger partial charge on any atom is 0.324 e. The molecule has 1 aliphatic rings. The lowest BCUT2D eigenvalue weighted by atomic mass is 9.86. The van der Waals surface area contributed by atoms with E-state index in [2.05, 4.69) is 6.58 Å². The number of hydrogen-bond acceptors (Lipinski definition) is 5. The normalized spacial score (nSPS) is 18.6. The van der Waals surface area contributed by atoms with Gasteiger partial charge in [0, 0.05) is 16.7 Å². The van der Waals surface area contributed by atoms with E-state index in [1.807, 2.05) is 19.1 Å². The van der Waals surface area contributed by atoms with Crippen LogP contribution in [0.2, 0.25) is 0 Å². The smallest absolute Gasteiger partial charge is 0.324 e. The van der Waals surface area contributed by atoms with Crippen molar-refractivity contribution in [1.29, 1.82) is 0 Å². The maximum absolute atomic E-state index is 12.6. The Labute approximate surface area is 156 Å². The second-order valence-electron chi connectivity index (χ2n) is 6.23. The molecule has 1 fully saturated rings. The van der Waals surface area contributed by atoms with Gasteiger partial charge in [0.25, 0.3) is 0 Å². The van der Waals surface area contributed by atoms with Crippen LogP contribution >= 0.6 is 0 Å². The molecule has 5 nitrogen and oxygen atoms in total. The quantitative estimate of drug-likeness (QED) is 0.562. The summed E-state index contributed by atoms with van der Waals surface area (Å²) in [6.07, 6.45) is 0.197. The van der Waals surface area contributed by atoms with Gasteiger partial charge in [0.1, 0.15) is 0 Å². The molecule has 6 heteroatoms. The molecule has 0 aliphatic heterocycles. The molecule has 0 heterocycles. The zero-order valence-corrected chi connectivity index (χ0v) is 16.2. The molecule has 0 radical (unpaired) electrons. The van der Waals surface area contributed by atoms with Crippen LogP contribution in [0.1, 0.15) is 32.3 Å². The first-order chi connectivity index (χ1) is 12.3. The molecule has 1 aromatic carbocycles. The first-order valence-corrected chi connectivity index (χ1v) is 9.76. The Morgan fingerprint density at radius 2 is 1.65 bits per heavy atom. The first kappa shape index (κ1) is 20.1. The molecule has 0 amide bonds. The highest BCUT2D eigenvalue weighted by molar-refractivity contribution is 7.88. The number of aryl methyl sites for hydroxylation is 1. The number of carbonyl (C=O) groups excluding carboxylic acids is 2. The molecule has 1 aromatic rings. The van der Waals surface area contributed by atoms with Gasteiger partial charge in [-0.15, -0.1) is 0 Å². The van der Waals surface area contributed by atoms with E-state index in [0.717, 1.165) is 5.56 Å². The number of esters is 2. The van der Waals surface area contributed by atoms with E-state index in [0.29, 0.717) is 16.0 Å². The molecule has 26 heavy (non-hydrogen) atoms. The van der Waals surface area contributed by atoms with Gasteiger partial charge < -0.3 is 9.47 Å². The van der Waals surface area contributed by atoms with Gasteiger partial charge in [0.05, 0.1) is 24.0 Å². The van der Waals surface area contributed by atoms with Crippen molar-refractivity contribution < 1.29 is 23.3 Å². The number of rotatable bonds is 6. The lowest BCUT2D eigenvalue weighted by Gasteiger charge is -2.23. The van der Waals surface area contributed by atoms with Crippen molar-refractivity contribution in [1.82, 2.24) is 0 Å². The number of allylic oxidation sites excluding steroid dienone is 2. The van der Waals surface area contributed by atoms with Crippen molar-refractivity contribution in [3.8, 4) is 0 Å². The minimum atomic E-state index is -1.44. The molecule has 1 atom stereocenters. The van der Waals surface area contributed by atoms with Gasteiger partial charge in [-0.2, -0.15) is 0 Å². The summed E-state index contributed by atoms with van der Waals surface area (Å²) in [4.78, 5) is 25.7. The second-order valence-corrected chi connectivity index (χ2v) is 7.54. The summed E-state index contributed by atoms with van der Waals surface area (Å²) >= 11 is 0. The fourth-order valence-corrected chi connectivity index (χ4v) is 3.94. The highest BCUT2D eigenvalue weighted by Gasteiger charge is 2.53. The number of ether oxygens (including phenoxy) is 2. The van der Waals surface area contributed by atoms with E-state index >= 15 is 0 Å². The maximum atomic E-state index is 12.6. The van der Waals surface area contributed by atoms with Gasteiger partial charge in [-0.3, -0.25) is 9.59 Å². The minimum Gasteiger partial charge on any atom is -0.465 e. The Balaban J connectivity index is 2.32. The molecule has 0 aromatic heterocycles. The predicted molar refractivity (Wildman–Crippen MR) is 99.7 cm³/mol. The Morgan fingerprint density at radius 1 is 1.12 bits per heavy atom. The molecule has 0 bridgehead atoms. The Morgan fingerprint density at radius 3 is 2.15 bits per heavy atom. The van der Waals surface area contributed by atoms with Crippen LogP contribution in [0.5, 0.6) is 0 Å². The van der Waals surface area contributed by atoms with Crippen LogP contribution in [0.25, 0.3) is 0 Å². The van der Waals surface area contributed by atoms with Crippen LogP contribution in [0, 0.1) is 12.3 Å². The summed E-state index contributed by atoms with van der Waals surface area (Å²) < 4.78 is 22.8. The fraction of sp³-hybridized carbons (Fsp3) is 0.400. The summed E-state index contributed by atoms with van der Waals surface area (Å²) in [5, 5.41) is 1.56. The molecule has 1 saturated carbocycles. The molecular weight excluding hydrogens is 352 g/mol. The molecular formula is C20H24O5S. The highest BCUT2D eigenvalue weighted by Crippen LogP contribution is 2.46. The summed E-state index contributed by atoms with van der Waals surface area (Å²) in [5.74, 6) is -1.24. The van der Waals surface area contributed by atoms with Crippen molar-refractivity contribution in [3.05, 3.63) is 53.0 Å². The largest absolute Gasteiger partial charge is 0.465 e. The SMILES string of the molecule is C=C1CC(C(=O)OCC)(C(=O)OCC)C/C1=C\S(=O)c1ccc(C)cc1. The van der Waals surface area contributed by atoms with Crippen molar-refractivity contribution in [2.75, 3.05) is 13.2 Å². The molecule has 1 aliphatic carbocycles. The third-order valence-electron chi connectivity index (χ3n) is 4.30. The average molecular weight is 376 g/mol. The monoisotopic (exact) mass is 376 g/mol. The lowest BCUT2D eigenvalue weighted by Crippen LogP contribution is -2.39. The third kappa shape index (κ3) is 4.12. The van der Waals surface area contributed by atoms with E-state index in [1.54, 1.807) is 31.4 Å². The molecule has 0 N–H and O–H groups in total. The van der Waals surface area contributed by atoms with Crippen molar-refractivity contribution in [2.24, 2.45) is 5.41 Å². The number of hydrogen-bond donors (Lipinski definition) is 0. The fourth-order valence-electron chi connectivity index (χ4n) is 2.90. The van der Waals surface area contributed by atoms with Gasteiger partial charge in [0.15, 0.2) is 5.41 Å². The van der Waals surface area contributed by atoms with Crippen molar-refractivity contribution in [2.45, 2.75) is 38.5 Å². The second kappa shape index (κ2) is 8.45. The van der Waals surface area contributed by atoms with Gasteiger partial charge >= 0.3 is 11.9 Å². The van der Waals surface area contributed by atoms with Crippen LogP contribution in [0.3, 0.4) is 0 Å². The van der Waals surface area contributed by atoms with Gasteiger partial charge in [-0.05, 0) is 50.5 Å². The topological polar surface area (TPSA) is 69.7 Å². The van der Waals surface area contributed by atoms with Gasteiger partial charge in [-0.1, -0.05) is 24.3 Å². The summed E-state index contributed by atoms with van der Waals surface area (Å²) in [6.45, 7) is 9.62. The molecule has 140 valence electrons. The van der Waals surface area contributed by atoms with E-state index < -0.39 is 28.2 Å².